The third-order valence-corrected chi connectivity index (χ3v) is 5.07. The second-order valence-corrected chi connectivity index (χ2v) is 8.10. The van der Waals surface area contributed by atoms with Crippen molar-refractivity contribution < 1.29 is 19.0 Å². The normalized spacial score (nSPS) is 11.9. The monoisotopic (exact) mass is 427 g/mol. The maximum Gasteiger partial charge on any atom is 0.306 e. The van der Waals surface area contributed by atoms with Crippen LogP contribution in [0.3, 0.4) is 0 Å². The number of hydrogen-bond donors (Lipinski definition) is 0. The highest BCUT2D eigenvalue weighted by Crippen LogP contribution is 2.22. The van der Waals surface area contributed by atoms with Crippen molar-refractivity contribution in [3.63, 3.8) is 0 Å². The maximum atomic E-state index is 12.2. The van der Waals surface area contributed by atoms with Crippen LogP contribution in [0.4, 0.5) is 0 Å². The van der Waals surface area contributed by atoms with Crippen LogP contribution in [0.2, 0.25) is 0 Å². The summed E-state index contributed by atoms with van der Waals surface area (Å²) in [5.41, 5.74) is 2.36. The van der Waals surface area contributed by atoms with E-state index in [0.717, 1.165) is 49.2 Å². The number of likely N-dealkylation sites (N-methyl/N-ethyl adjacent to an activating group) is 1. The summed E-state index contributed by atoms with van der Waals surface area (Å²) in [6, 6.07) is 16.2. The maximum absolute atomic E-state index is 12.2. The van der Waals surface area contributed by atoms with Crippen LogP contribution in [0.5, 0.6) is 11.5 Å². The predicted octanol–water partition coefficient (Wildman–Crippen LogP) is 4.91. The van der Waals surface area contributed by atoms with Crippen molar-refractivity contribution in [1.82, 2.24) is 4.90 Å². The number of benzene rings is 2. The lowest BCUT2D eigenvalue weighted by molar-refractivity contribution is -0.151. The second-order valence-electron chi connectivity index (χ2n) is 8.10. The quantitative estimate of drug-likeness (QED) is 0.317. The summed E-state index contributed by atoms with van der Waals surface area (Å²) in [5.74, 6) is 1.57. The third kappa shape index (κ3) is 9.43. The van der Waals surface area contributed by atoms with E-state index in [0.29, 0.717) is 19.6 Å². The van der Waals surface area contributed by atoms with Crippen molar-refractivity contribution in [3.05, 3.63) is 59.7 Å². The number of para-hydroxylation sites is 1. The predicted molar refractivity (Wildman–Crippen MR) is 125 cm³/mol. The van der Waals surface area contributed by atoms with Gasteiger partial charge in [0.15, 0.2) is 0 Å². The SMILES string of the molecule is CCCCCC(=O)O[C@@H](COc1ccccc1CCc1cccc(OC)c1)CN(C)C. The van der Waals surface area contributed by atoms with Crippen molar-refractivity contribution in [2.75, 3.05) is 34.4 Å². The number of unbranched alkanes of at least 4 members (excludes halogenated alkanes) is 2. The number of aryl methyl sites for hydroxylation is 2. The van der Waals surface area contributed by atoms with E-state index in [1.807, 2.05) is 49.3 Å². The standard InChI is InChI=1S/C26H37NO4/c1-5-6-7-15-26(28)31-24(19-27(2)3)20-30-25-14-9-8-12-22(25)17-16-21-11-10-13-23(18-21)29-4/h8-14,18,24H,5-7,15-17,19-20H2,1-4H3/t24-/m1/s1. The van der Waals surface area contributed by atoms with Crippen LogP contribution in [0, 0.1) is 0 Å². The van der Waals surface area contributed by atoms with Gasteiger partial charge in [0.2, 0.25) is 0 Å². The first-order valence-corrected chi connectivity index (χ1v) is 11.2. The zero-order chi connectivity index (χ0) is 22.5. The van der Waals surface area contributed by atoms with E-state index < -0.39 is 0 Å². The molecule has 0 amide bonds. The van der Waals surface area contributed by atoms with E-state index in [1.54, 1.807) is 7.11 Å². The highest BCUT2D eigenvalue weighted by Gasteiger charge is 2.17. The summed E-state index contributed by atoms with van der Waals surface area (Å²) in [7, 11) is 5.63. The summed E-state index contributed by atoms with van der Waals surface area (Å²) in [6.45, 7) is 3.10. The number of carbonyl (C=O) groups is 1. The van der Waals surface area contributed by atoms with Gasteiger partial charge >= 0.3 is 5.97 Å². The summed E-state index contributed by atoms with van der Waals surface area (Å²) in [4.78, 5) is 14.2. The summed E-state index contributed by atoms with van der Waals surface area (Å²) >= 11 is 0. The average Bonchev–Trinajstić information content (AvgIpc) is 2.76. The number of rotatable bonds is 14. The van der Waals surface area contributed by atoms with E-state index in [2.05, 4.69) is 25.1 Å². The summed E-state index contributed by atoms with van der Waals surface area (Å²) in [5, 5.41) is 0. The lowest BCUT2D eigenvalue weighted by Gasteiger charge is -2.22. The molecule has 5 heteroatoms. The topological polar surface area (TPSA) is 48.0 Å². The largest absolute Gasteiger partial charge is 0.497 e. The Kier molecular flexibility index (Phi) is 10.9. The van der Waals surface area contributed by atoms with Crippen LogP contribution in [-0.2, 0) is 22.4 Å². The summed E-state index contributed by atoms with van der Waals surface area (Å²) in [6.07, 6.45) is 4.93. The fraction of sp³-hybridized carbons (Fsp3) is 0.500. The Morgan fingerprint density at radius 2 is 1.84 bits per heavy atom. The van der Waals surface area contributed by atoms with Gasteiger partial charge in [-0.1, -0.05) is 50.1 Å². The molecule has 2 aromatic rings. The molecule has 0 saturated heterocycles. The summed E-state index contributed by atoms with van der Waals surface area (Å²) < 4.78 is 17.2. The van der Waals surface area contributed by atoms with Gasteiger partial charge < -0.3 is 19.1 Å². The fourth-order valence-corrected chi connectivity index (χ4v) is 3.44. The molecular weight excluding hydrogens is 390 g/mol. The molecule has 2 rings (SSSR count). The lowest BCUT2D eigenvalue weighted by atomic mass is 10.0. The van der Waals surface area contributed by atoms with E-state index in [-0.39, 0.29) is 12.1 Å². The smallest absolute Gasteiger partial charge is 0.306 e. The molecule has 0 bridgehead atoms. The van der Waals surface area contributed by atoms with Gasteiger partial charge in [0.05, 0.1) is 7.11 Å². The van der Waals surface area contributed by atoms with Crippen LogP contribution >= 0.6 is 0 Å². The third-order valence-electron chi connectivity index (χ3n) is 5.07. The highest BCUT2D eigenvalue weighted by atomic mass is 16.6. The van der Waals surface area contributed by atoms with Gasteiger partial charge in [-0.2, -0.15) is 0 Å². The first-order valence-electron chi connectivity index (χ1n) is 11.2. The van der Waals surface area contributed by atoms with Crippen LogP contribution in [0.1, 0.15) is 43.7 Å². The van der Waals surface area contributed by atoms with Crippen molar-refractivity contribution in [2.24, 2.45) is 0 Å². The molecule has 0 heterocycles. The zero-order valence-corrected chi connectivity index (χ0v) is 19.4. The molecule has 0 saturated carbocycles. The van der Waals surface area contributed by atoms with E-state index >= 15 is 0 Å². The van der Waals surface area contributed by atoms with Gasteiger partial charge in [-0.05, 0) is 62.7 Å². The van der Waals surface area contributed by atoms with Crippen LogP contribution in [0.15, 0.2) is 48.5 Å². The second kappa shape index (κ2) is 13.7. The Labute approximate surface area is 187 Å². The van der Waals surface area contributed by atoms with Crippen molar-refractivity contribution in [3.8, 4) is 11.5 Å². The molecular formula is C26H37NO4. The van der Waals surface area contributed by atoms with Crippen molar-refractivity contribution in [1.29, 1.82) is 0 Å². The molecule has 0 aliphatic carbocycles. The number of hydrogen-bond acceptors (Lipinski definition) is 5. The van der Waals surface area contributed by atoms with Gasteiger partial charge in [-0.3, -0.25) is 4.79 Å². The molecule has 0 unspecified atom stereocenters. The molecule has 170 valence electrons. The van der Waals surface area contributed by atoms with E-state index in [4.69, 9.17) is 14.2 Å². The Morgan fingerprint density at radius 3 is 2.58 bits per heavy atom. The molecule has 0 N–H and O–H groups in total. The van der Waals surface area contributed by atoms with Crippen LogP contribution < -0.4 is 9.47 Å². The van der Waals surface area contributed by atoms with Gasteiger partial charge in [-0.15, -0.1) is 0 Å². The van der Waals surface area contributed by atoms with Crippen molar-refractivity contribution >= 4 is 5.97 Å². The number of carbonyl (C=O) groups excluding carboxylic acids is 1. The molecule has 31 heavy (non-hydrogen) atoms. The fourth-order valence-electron chi connectivity index (χ4n) is 3.44. The number of methoxy groups -OCH3 is 1. The molecule has 0 aromatic heterocycles. The van der Waals surface area contributed by atoms with Gasteiger partial charge in [0.1, 0.15) is 24.2 Å². The number of nitrogens with zero attached hydrogens (tertiary/aromatic N) is 1. The highest BCUT2D eigenvalue weighted by molar-refractivity contribution is 5.69. The van der Waals surface area contributed by atoms with E-state index in [1.165, 1.54) is 5.56 Å². The minimum atomic E-state index is -0.296. The number of esters is 1. The van der Waals surface area contributed by atoms with Crippen molar-refractivity contribution in [2.45, 2.75) is 51.6 Å². The first-order chi connectivity index (χ1) is 15.0. The molecule has 0 aliphatic heterocycles. The Balaban J connectivity index is 1.95. The zero-order valence-electron chi connectivity index (χ0n) is 19.4. The minimum absolute atomic E-state index is 0.143. The van der Waals surface area contributed by atoms with Crippen LogP contribution in [0.25, 0.3) is 0 Å². The lowest BCUT2D eigenvalue weighted by Crippen LogP contribution is -2.35. The van der Waals surface area contributed by atoms with Gasteiger partial charge in [0, 0.05) is 13.0 Å². The average molecular weight is 428 g/mol. The Bertz CT molecular complexity index is 790. The minimum Gasteiger partial charge on any atom is -0.497 e. The molecule has 0 spiro atoms. The molecule has 0 radical (unpaired) electrons. The van der Waals surface area contributed by atoms with E-state index in [9.17, 15) is 4.79 Å². The van der Waals surface area contributed by atoms with Crippen LogP contribution in [-0.4, -0.2) is 51.3 Å². The van der Waals surface area contributed by atoms with Gasteiger partial charge in [-0.25, -0.2) is 0 Å². The Hall–Kier alpha value is -2.53. The molecule has 1 atom stereocenters. The Morgan fingerprint density at radius 1 is 1.03 bits per heavy atom. The number of ether oxygens (including phenoxy) is 3. The van der Waals surface area contributed by atoms with Gasteiger partial charge in [0.25, 0.3) is 0 Å². The molecule has 0 aliphatic rings. The molecule has 2 aromatic carbocycles. The molecule has 0 fully saturated rings. The first kappa shape index (κ1) is 24.7. The molecule has 5 nitrogen and oxygen atoms in total.